The molecular weight excluding hydrogens is 430 g/mol. The topological polar surface area (TPSA) is 83.7 Å². The summed E-state index contributed by atoms with van der Waals surface area (Å²) in [6, 6.07) is 17.7. The van der Waals surface area contributed by atoms with E-state index < -0.39 is 0 Å². The number of nitrogens with zero attached hydrogens (tertiary/aromatic N) is 4. The summed E-state index contributed by atoms with van der Waals surface area (Å²) >= 11 is 0. The maximum atomic E-state index is 12.8. The van der Waals surface area contributed by atoms with Crippen molar-refractivity contribution in [1.29, 1.82) is 0 Å². The van der Waals surface area contributed by atoms with Gasteiger partial charge in [0.15, 0.2) is 0 Å². The Hall–Kier alpha value is -3.23. The average Bonchev–Trinajstić information content (AvgIpc) is 3.34. The van der Waals surface area contributed by atoms with Gasteiger partial charge in [-0.05, 0) is 43.8 Å². The lowest BCUT2D eigenvalue weighted by Gasteiger charge is -2.35. The summed E-state index contributed by atoms with van der Waals surface area (Å²) in [5.74, 6) is 1.74. The van der Waals surface area contributed by atoms with Gasteiger partial charge in [-0.15, -0.1) is 0 Å². The molecular formula is C26H33N5O3. The van der Waals surface area contributed by atoms with Crippen molar-refractivity contribution >= 4 is 5.91 Å². The van der Waals surface area contributed by atoms with Gasteiger partial charge in [-0.2, -0.15) is 4.98 Å². The van der Waals surface area contributed by atoms with Crippen LogP contribution in [0.4, 0.5) is 0 Å². The number of rotatable bonds is 10. The number of ether oxygens (including phenoxy) is 1. The van der Waals surface area contributed by atoms with Crippen molar-refractivity contribution in [2.75, 3.05) is 46.4 Å². The summed E-state index contributed by atoms with van der Waals surface area (Å²) in [5.41, 5.74) is 1.96. The first-order chi connectivity index (χ1) is 16.6. The summed E-state index contributed by atoms with van der Waals surface area (Å²) in [7, 11) is 2.15. The Labute approximate surface area is 200 Å². The molecule has 1 saturated heterocycles. The Morgan fingerprint density at radius 2 is 1.82 bits per heavy atom. The van der Waals surface area contributed by atoms with Crippen LogP contribution >= 0.6 is 0 Å². The van der Waals surface area contributed by atoms with E-state index in [1.165, 1.54) is 0 Å². The highest BCUT2D eigenvalue weighted by molar-refractivity contribution is 5.76. The molecule has 1 fully saturated rings. The first-order valence-corrected chi connectivity index (χ1v) is 11.9. The fourth-order valence-electron chi connectivity index (χ4n) is 4.04. The molecule has 0 aliphatic carbocycles. The molecule has 3 aromatic rings. The highest BCUT2D eigenvalue weighted by Gasteiger charge is 2.21. The Bertz CT molecular complexity index is 1030. The highest BCUT2D eigenvalue weighted by atomic mass is 16.5. The van der Waals surface area contributed by atoms with Gasteiger partial charge in [0, 0.05) is 51.1 Å². The van der Waals surface area contributed by atoms with Crippen molar-refractivity contribution in [2.24, 2.45) is 0 Å². The Morgan fingerprint density at radius 1 is 1.09 bits per heavy atom. The third-order valence-electron chi connectivity index (χ3n) is 6.03. The molecule has 180 valence electrons. The van der Waals surface area contributed by atoms with Gasteiger partial charge in [0.25, 0.3) is 0 Å². The quantitative estimate of drug-likeness (QED) is 0.494. The number of hydrogen-bond donors (Lipinski definition) is 1. The van der Waals surface area contributed by atoms with Gasteiger partial charge in [-0.3, -0.25) is 9.69 Å². The number of carbonyl (C=O) groups is 1. The smallest absolute Gasteiger partial charge is 0.227 e. The van der Waals surface area contributed by atoms with Crippen molar-refractivity contribution in [1.82, 2.24) is 25.3 Å². The van der Waals surface area contributed by atoms with Crippen molar-refractivity contribution in [3.8, 4) is 17.1 Å². The zero-order valence-electron chi connectivity index (χ0n) is 19.9. The summed E-state index contributed by atoms with van der Waals surface area (Å²) in [6.45, 7) is 7.47. The zero-order valence-corrected chi connectivity index (χ0v) is 19.9. The van der Waals surface area contributed by atoms with Crippen molar-refractivity contribution in [3.63, 3.8) is 0 Å². The molecule has 0 saturated carbocycles. The van der Waals surface area contributed by atoms with Crippen LogP contribution in [-0.2, 0) is 11.2 Å². The van der Waals surface area contributed by atoms with Crippen molar-refractivity contribution in [2.45, 2.75) is 25.8 Å². The molecule has 2 heterocycles. The van der Waals surface area contributed by atoms with Crippen LogP contribution in [0, 0.1) is 0 Å². The van der Waals surface area contributed by atoms with Gasteiger partial charge in [0.05, 0.1) is 12.6 Å². The minimum Gasteiger partial charge on any atom is -0.494 e. The van der Waals surface area contributed by atoms with Gasteiger partial charge in [0.1, 0.15) is 5.75 Å². The Kier molecular flexibility index (Phi) is 8.27. The number of likely N-dealkylation sites (N-methyl/N-ethyl adjacent to an activating group) is 1. The number of aromatic nitrogens is 2. The van der Waals surface area contributed by atoms with Gasteiger partial charge in [0.2, 0.25) is 17.6 Å². The maximum Gasteiger partial charge on any atom is 0.227 e. The Balaban J connectivity index is 1.33. The molecule has 1 amide bonds. The van der Waals surface area contributed by atoms with E-state index in [0.29, 0.717) is 24.7 Å². The lowest BCUT2D eigenvalue weighted by Crippen LogP contribution is -2.47. The minimum absolute atomic E-state index is 0.0243. The lowest BCUT2D eigenvalue weighted by molar-refractivity contribution is -0.122. The maximum absolute atomic E-state index is 12.8. The average molecular weight is 464 g/mol. The summed E-state index contributed by atoms with van der Waals surface area (Å²) in [4.78, 5) is 22.0. The van der Waals surface area contributed by atoms with E-state index in [4.69, 9.17) is 9.26 Å². The number of piperazine rings is 1. The van der Waals surface area contributed by atoms with Crippen LogP contribution < -0.4 is 10.1 Å². The van der Waals surface area contributed by atoms with Gasteiger partial charge in [-0.25, -0.2) is 0 Å². The fourth-order valence-corrected chi connectivity index (χ4v) is 4.04. The molecule has 8 nitrogen and oxygen atoms in total. The van der Waals surface area contributed by atoms with E-state index in [1.807, 2.05) is 49.4 Å². The van der Waals surface area contributed by atoms with Crippen LogP contribution in [0.25, 0.3) is 11.4 Å². The number of benzene rings is 2. The van der Waals surface area contributed by atoms with Crippen molar-refractivity contribution < 1.29 is 14.1 Å². The molecule has 34 heavy (non-hydrogen) atoms. The second-order valence-corrected chi connectivity index (χ2v) is 8.60. The molecule has 0 radical (unpaired) electrons. The van der Waals surface area contributed by atoms with Crippen LogP contribution in [0.1, 0.15) is 30.8 Å². The fraction of sp³-hybridized carbons (Fsp3) is 0.423. The van der Waals surface area contributed by atoms with E-state index in [-0.39, 0.29) is 18.4 Å². The molecule has 1 aliphatic rings. The van der Waals surface area contributed by atoms with Crippen LogP contribution in [-0.4, -0.2) is 72.2 Å². The minimum atomic E-state index is -0.0563. The predicted octanol–water partition coefficient (Wildman–Crippen LogP) is 3.17. The number of amides is 1. The summed E-state index contributed by atoms with van der Waals surface area (Å²) in [6.07, 6.45) is 0.683. The second-order valence-electron chi connectivity index (χ2n) is 8.60. The number of carbonyl (C=O) groups excluding carboxylic acids is 1. The summed E-state index contributed by atoms with van der Waals surface area (Å²) in [5, 5.41) is 7.28. The molecule has 2 aromatic carbocycles. The molecule has 8 heteroatoms. The standard InChI is InChI=1S/C26H33N5O3/c1-3-33-22-11-9-21(10-12-22)26-28-25(34-29-26)14-13-24(32)27-23(20-7-5-4-6-8-20)19-31-17-15-30(2)16-18-31/h4-12,23H,3,13-19H2,1-2H3,(H,27,32). The normalized spacial score (nSPS) is 15.7. The van der Waals surface area contributed by atoms with E-state index in [1.54, 1.807) is 0 Å². The second kappa shape index (κ2) is 11.8. The van der Waals surface area contributed by atoms with E-state index in [2.05, 4.69) is 44.4 Å². The number of aryl methyl sites for hydroxylation is 1. The molecule has 1 unspecified atom stereocenters. The van der Waals surface area contributed by atoms with Gasteiger partial charge in [-0.1, -0.05) is 35.5 Å². The molecule has 1 aromatic heterocycles. The zero-order chi connectivity index (χ0) is 23.8. The number of hydrogen-bond acceptors (Lipinski definition) is 7. The molecule has 0 spiro atoms. The van der Waals surface area contributed by atoms with Gasteiger partial charge < -0.3 is 19.5 Å². The van der Waals surface area contributed by atoms with Gasteiger partial charge >= 0.3 is 0 Å². The van der Waals surface area contributed by atoms with E-state index >= 15 is 0 Å². The molecule has 1 N–H and O–H groups in total. The Morgan fingerprint density at radius 3 is 2.53 bits per heavy atom. The predicted molar refractivity (Wildman–Crippen MR) is 130 cm³/mol. The molecule has 4 rings (SSSR count). The lowest BCUT2D eigenvalue weighted by atomic mass is 10.1. The highest BCUT2D eigenvalue weighted by Crippen LogP contribution is 2.21. The molecule has 1 atom stereocenters. The molecule has 0 bridgehead atoms. The largest absolute Gasteiger partial charge is 0.494 e. The third-order valence-corrected chi connectivity index (χ3v) is 6.03. The van der Waals surface area contributed by atoms with Crippen molar-refractivity contribution in [3.05, 3.63) is 66.1 Å². The van der Waals surface area contributed by atoms with Crippen LogP contribution in [0.5, 0.6) is 5.75 Å². The summed E-state index contributed by atoms with van der Waals surface area (Å²) < 4.78 is 10.9. The molecule has 1 aliphatic heterocycles. The monoisotopic (exact) mass is 463 g/mol. The van der Waals surface area contributed by atoms with Crippen LogP contribution in [0.3, 0.4) is 0 Å². The number of nitrogens with one attached hydrogen (secondary N) is 1. The van der Waals surface area contributed by atoms with E-state index in [0.717, 1.165) is 49.6 Å². The third kappa shape index (κ3) is 6.65. The van der Waals surface area contributed by atoms with E-state index in [9.17, 15) is 4.79 Å². The SMILES string of the molecule is CCOc1ccc(-c2noc(CCC(=O)NC(CN3CCN(C)CC3)c3ccccc3)n2)cc1. The first-order valence-electron chi connectivity index (χ1n) is 11.9. The van der Waals surface area contributed by atoms with Crippen LogP contribution in [0.2, 0.25) is 0 Å². The first kappa shape index (κ1) is 23.9. The van der Waals surface area contributed by atoms with Crippen LogP contribution in [0.15, 0.2) is 59.1 Å².